The van der Waals surface area contributed by atoms with E-state index >= 15 is 0 Å². The average molecular weight is 122 g/mol. The van der Waals surface area contributed by atoms with Crippen molar-refractivity contribution in [2.75, 3.05) is 0 Å². The molecule has 0 aromatic rings. The molecule has 0 spiro atoms. The highest BCUT2D eigenvalue weighted by molar-refractivity contribution is 4.92. The zero-order chi connectivity index (χ0) is 6.36. The highest BCUT2D eigenvalue weighted by atomic mass is 19.3. The normalized spacial score (nSPS) is 43.5. The molecule has 1 N–H and O–H groups in total. The Bertz CT molecular complexity index is 103. The van der Waals surface area contributed by atoms with Crippen molar-refractivity contribution in [3.8, 4) is 0 Å². The van der Waals surface area contributed by atoms with Crippen LogP contribution in [0, 0.1) is 5.92 Å². The predicted molar refractivity (Wildman–Crippen MR) is 24.7 cm³/mol. The summed E-state index contributed by atoms with van der Waals surface area (Å²) in [5.74, 6) is -3.43. The molecule has 0 aromatic carbocycles. The van der Waals surface area contributed by atoms with Gasteiger partial charge in [-0.2, -0.15) is 0 Å². The summed E-state index contributed by atoms with van der Waals surface area (Å²) in [7, 11) is 0. The first-order chi connectivity index (χ1) is 3.54. The summed E-state index contributed by atoms with van der Waals surface area (Å²) in [5.41, 5.74) is 0. The minimum Gasteiger partial charge on any atom is -0.392 e. The first kappa shape index (κ1) is 5.95. The van der Waals surface area contributed by atoms with Crippen LogP contribution in [-0.4, -0.2) is 17.1 Å². The molecular weight excluding hydrogens is 114 g/mol. The Morgan fingerprint density at radius 2 is 2.12 bits per heavy atom. The summed E-state index contributed by atoms with van der Waals surface area (Å²) >= 11 is 0. The number of aliphatic hydroxyl groups is 1. The maximum Gasteiger partial charge on any atom is 0.255 e. The second-order valence-electron chi connectivity index (χ2n) is 2.32. The van der Waals surface area contributed by atoms with Gasteiger partial charge in [0.2, 0.25) is 0 Å². The number of hydrogen-bond donors (Lipinski definition) is 1. The fourth-order valence-electron chi connectivity index (χ4n) is 0.762. The van der Waals surface area contributed by atoms with Gasteiger partial charge in [0.1, 0.15) is 0 Å². The van der Waals surface area contributed by atoms with E-state index in [1.54, 1.807) is 0 Å². The van der Waals surface area contributed by atoms with E-state index in [1.165, 1.54) is 6.92 Å². The highest BCUT2D eigenvalue weighted by Gasteiger charge is 2.52. The van der Waals surface area contributed by atoms with Crippen LogP contribution in [0.5, 0.6) is 0 Å². The third kappa shape index (κ3) is 0.616. The van der Waals surface area contributed by atoms with Crippen molar-refractivity contribution in [1.29, 1.82) is 0 Å². The lowest BCUT2D eigenvalue weighted by molar-refractivity contribution is -0.195. The summed E-state index contributed by atoms with van der Waals surface area (Å²) < 4.78 is 24.0. The number of hydrogen-bond acceptors (Lipinski definition) is 1. The van der Waals surface area contributed by atoms with Gasteiger partial charge in [-0.3, -0.25) is 0 Å². The molecule has 2 unspecified atom stereocenters. The van der Waals surface area contributed by atoms with Gasteiger partial charge in [0.05, 0.1) is 6.10 Å². The van der Waals surface area contributed by atoms with Crippen molar-refractivity contribution in [1.82, 2.24) is 0 Å². The lowest BCUT2D eigenvalue weighted by atomic mass is 9.79. The third-order valence-electron chi connectivity index (χ3n) is 1.72. The molecular formula is C5H8F2O. The first-order valence-electron chi connectivity index (χ1n) is 2.60. The maximum atomic E-state index is 12.0. The van der Waals surface area contributed by atoms with Crippen LogP contribution in [0.3, 0.4) is 0 Å². The molecule has 1 aliphatic rings. The Kier molecular flexibility index (Phi) is 1.05. The fraction of sp³-hybridized carbons (Fsp3) is 1.00. The minimum absolute atomic E-state index is 0.353. The molecule has 3 heteroatoms. The van der Waals surface area contributed by atoms with E-state index < -0.39 is 17.9 Å². The van der Waals surface area contributed by atoms with E-state index in [9.17, 15) is 8.78 Å². The summed E-state index contributed by atoms with van der Waals surface area (Å²) in [5, 5.41) is 8.57. The molecule has 1 nitrogen and oxygen atoms in total. The van der Waals surface area contributed by atoms with Crippen molar-refractivity contribution < 1.29 is 13.9 Å². The van der Waals surface area contributed by atoms with Crippen molar-refractivity contribution in [2.24, 2.45) is 5.92 Å². The molecule has 1 aliphatic carbocycles. The van der Waals surface area contributed by atoms with Crippen molar-refractivity contribution >= 4 is 0 Å². The predicted octanol–water partition coefficient (Wildman–Crippen LogP) is 1.02. The molecule has 0 amide bonds. The van der Waals surface area contributed by atoms with E-state index in [-0.39, 0.29) is 6.42 Å². The smallest absolute Gasteiger partial charge is 0.255 e. The van der Waals surface area contributed by atoms with Crippen molar-refractivity contribution in [3.05, 3.63) is 0 Å². The standard InChI is InChI=1S/C5H8F2O/c1-3-4(8)2-5(3,6)7/h3-4,8H,2H2,1H3. The monoisotopic (exact) mass is 122 g/mol. The van der Waals surface area contributed by atoms with Crippen LogP contribution in [-0.2, 0) is 0 Å². The van der Waals surface area contributed by atoms with Crippen LogP contribution < -0.4 is 0 Å². The molecule has 0 radical (unpaired) electrons. The lowest BCUT2D eigenvalue weighted by Gasteiger charge is -2.38. The van der Waals surface area contributed by atoms with Crippen LogP contribution >= 0.6 is 0 Å². The summed E-state index contributed by atoms with van der Waals surface area (Å²) in [6.07, 6.45) is -1.13. The summed E-state index contributed by atoms with van der Waals surface area (Å²) in [4.78, 5) is 0. The molecule has 2 atom stereocenters. The van der Waals surface area contributed by atoms with Crippen LogP contribution in [0.2, 0.25) is 0 Å². The molecule has 0 heterocycles. The Hall–Kier alpha value is -0.180. The summed E-state index contributed by atoms with van der Waals surface area (Å²) in [6, 6.07) is 0. The summed E-state index contributed by atoms with van der Waals surface area (Å²) in [6.45, 7) is 1.36. The third-order valence-corrected chi connectivity index (χ3v) is 1.72. The SMILES string of the molecule is CC1C(O)CC1(F)F. The molecule has 0 aliphatic heterocycles. The number of rotatable bonds is 0. The number of halogens is 2. The Balaban J connectivity index is 2.47. The van der Waals surface area contributed by atoms with E-state index in [0.29, 0.717) is 0 Å². The zero-order valence-electron chi connectivity index (χ0n) is 4.56. The molecule has 1 rings (SSSR count). The Morgan fingerprint density at radius 3 is 2.12 bits per heavy atom. The average Bonchev–Trinajstić information content (AvgIpc) is 1.65. The first-order valence-corrected chi connectivity index (χ1v) is 2.60. The van der Waals surface area contributed by atoms with Crippen LogP contribution in [0.1, 0.15) is 13.3 Å². The highest BCUT2D eigenvalue weighted by Crippen LogP contribution is 2.42. The largest absolute Gasteiger partial charge is 0.392 e. The molecule has 0 bridgehead atoms. The van der Waals surface area contributed by atoms with Gasteiger partial charge in [-0.05, 0) is 0 Å². The van der Waals surface area contributed by atoms with E-state index in [0.717, 1.165) is 0 Å². The number of alkyl halides is 2. The zero-order valence-corrected chi connectivity index (χ0v) is 4.56. The second kappa shape index (κ2) is 1.41. The van der Waals surface area contributed by atoms with Gasteiger partial charge in [-0.15, -0.1) is 0 Å². The molecule has 1 fully saturated rings. The lowest BCUT2D eigenvalue weighted by Crippen LogP contribution is -2.49. The maximum absolute atomic E-state index is 12.0. The van der Waals surface area contributed by atoms with Crippen LogP contribution in [0.4, 0.5) is 8.78 Å². The van der Waals surface area contributed by atoms with E-state index in [4.69, 9.17) is 5.11 Å². The molecule has 48 valence electrons. The van der Waals surface area contributed by atoms with Gasteiger partial charge < -0.3 is 5.11 Å². The van der Waals surface area contributed by atoms with Crippen LogP contribution in [0.25, 0.3) is 0 Å². The molecule has 1 saturated carbocycles. The van der Waals surface area contributed by atoms with Crippen molar-refractivity contribution in [2.45, 2.75) is 25.4 Å². The molecule has 0 saturated heterocycles. The number of aliphatic hydroxyl groups excluding tert-OH is 1. The quantitative estimate of drug-likeness (QED) is 0.508. The van der Waals surface area contributed by atoms with Gasteiger partial charge in [0.15, 0.2) is 0 Å². The Morgan fingerprint density at radius 1 is 1.62 bits per heavy atom. The Labute approximate surface area is 46.3 Å². The van der Waals surface area contributed by atoms with E-state index in [1.807, 2.05) is 0 Å². The molecule has 0 aromatic heterocycles. The van der Waals surface area contributed by atoms with Crippen LogP contribution in [0.15, 0.2) is 0 Å². The fourth-order valence-corrected chi connectivity index (χ4v) is 0.762. The topological polar surface area (TPSA) is 20.2 Å². The van der Waals surface area contributed by atoms with E-state index in [2.05, 4.69) is 0 Å². The minimum atomic E-state index is -2.60. The van der Waals surface area contributed by atoms with Gasteiger partial charge in [-0.25, -0.2) is 8.78 Å². The van der Waals surface area contributed by atoms with Gasteiger partial charge in [-0.1, -0.05) is 6.92 Å². The van der Waals surface area contributed by atoms with Gasteiger partial charge in [0, 0.05) is 12.3 Å². The molecule has 8 heavy (non-hydrogen) atoms. The van der Waals surface area contributed by atoms with Gasteiger partial charge >= 0.3 is 0 Å². The van der Waals surface area contributed by atoms with Gasteiger partial charge in [0.25, 0.3) is 5.92 Å². The van der Waals surface area contributed by atoms with Crippen molar-refractivity contribution in [3.63, 3.8) is 0 Å². The second-order valence-corrected chi connectivity index (χ2v) is 2.32.